The summed E-state index contributed by atoms with van der Waals surface area (Å²) in [6, 6.07) is 76.5. The lowest BCUT2D eigenvalue weighted by molar-refractivity contribution is 0.668. The van der Waals surface area contributed by atoms with E-state index in [-0.39, 0.29) is 0 Å². The second kappa shape index (κ2) is 14.7. The van der Waals surface area contributed by atoms with Crippen LogP contribution in [0.25, 0.3) is 122 Å². The largest absolute Gasteiger partial charge is 0.456 e. The minimum atomic E-state index is 0.672. The van der Waals surface area contributed by atoms with Crippen molar-refractivity contribution in [3.8, 4) is 78.4 Å². The first-order valence-corrected chi connectivity index (χ1v) is 20.9. The molecule has 0 saturated heterocycles. The fraction of sp³-hybridized carbons (Fsp3) is 0. The first-order chi connectivity index (χ1) is 30.7. The van der Waals surface area contributed by atoms with E-state index in [0.29, 0.717) is 5.82 Å². The van der Waals surface area contributed by atoms with Gasteiger partial charge in [-0.2, -0.15) is 0 Å². The van der Waals surface area contributed by atoms with Gasteiger partial charge in [-0.1, -0.05) is 158 Å². The van der Waals surface area contributed by atoms with E-state index in [4.69, 9.17) is 18.8 Å². The van der Waals surface area contributed by atoms with Gasteiger partial charge in [0, 0.05) is 38.2 Å². The number of hydrogen-bond donors (Lipinski definition) is 0. The average molecular weight is 793 g/mol. The van der Waals surface area contributed by atoms with Gasteiger partial charge in [0.25, 0.3) is 0 Å². The van der Waals surface area contributed by atoms with Crippen molar-refractivity contribution in [2.45, 2.75) is 0 Å². The fourth-order valence-corrected chi connectivity index (χ4v) is 8.80. The van der Waals surface area contributed by atoms with Gasteiger partial charge in [0.05, 0.1) is 11.4 Å². The summed E-state index contributed by atoms with van der Waals surface area (Å²) in [5.74, 6) is 0.672. The van der Waals surface area contributed by atoms with Gasteiger partial charge in [-0.05, 0) is 105 Å². The Morgan fingerprint density at radius 2 is 0.677 bits per heavy atom. The minimum Gasteiger partial charge on any atom is -0.456 e. The summed E-state index contributed by atoms with van der Waals surface area (Å²) in [6.07, 6.45) is 0. The number of fused-ring (bicyclic) bond motifs is 6. The molecule has 0 aliphatic carbocycles. The van der Waals surface area contributed by atoms with E-state index in [9.17, 15) is 0 Å². The Hall–Kier alpha value is -8.34. The summed E-state index contributed by atoms with van der Waals surface area (Å²) >= 11 is 0. The molecule has 0 saturated carbocycles. The van der Waals surface area contributed by atoms with Crippen LogP contribution in [0.5, 0.6) is 0 Å². The molecule has 0 aliphatic rings. The second-order valence-corrected chi connectivity index (χ2v) is 15.7. The smallest absolute Gasteiger partial charge is 0.160 e. The van der Waals surface area contributed by atoms with Gasteiger partial charge in [0.2, 0.25) is 0 Å². The maximum atomic E-state index is 6.25. The van der Waals surface area contributed by atoms with Crippen LogP contribution in [0.15, 0.2) is 227 Å². The van der Waals surface area contributed by atoms with Crippen molar-refractivity contribution >= 4 is 43.9 Å². The highest BCUT2D eigenvalue weighted by molar-refractivity contribution is 6.07. The number of aromatic nitrogens is 2. The van der Waals surface area contributed by atoms with Gasteiger partial charge in [-0.25, -0.2) is 9.97 Å². The number of rotatable bonds is 7. The van der Waals surface area contributed by atoms with Crippen LogP contribution < -0.4 is 0 Å². The molecule has 0 spiro atoms. The van der Waals surface area contributed by atoms with Crippen LogP contribution in [0.3, 0.4) is 0 Å². The normalized spacial score (nSPS) is 11.5. The van der Waals surface area contributed by atoms with Crippen molar-refractivity contribution in [1.82, 2.24) is 9.97 Å². The molecular weight excluding hydrogens is 757 g/mol. The number of furan rings is 2. The predicted octanol–water partition coefficient (Wildman–Crippen LogP) is 15.9. The molecule has 62 heavy (non-hydrogen) atoms. The van der Waals surface area contributed by atoms with Crippen molar-refractivity contribution in [3.05, 3.63) is 218 Å². The molecule has 0 N–H and O–H groups in total. The number of hydrogen-bond acceptors (Lipinski definition) is 4. The van der Waals surface area contributed by atoms with Crippen LogP contribution in [0, 0.1) is 0 Å². The zero-order chi connectivity index (χ0) is 41.0. The van der Waals surface area contributed by atoms with Crippen molar-refractivity contribution in [2.75, 3.05) is 0 Å². The number of benzene rings is 9. The quantitative estimate of drug-likeness (QED) is 0.161. The number of para-hydroxylation sites is 2. The Labute approximate surface area is 358 Å². The molecule has 0 fully saturated rings. The predicted molar refractivity (Wildman–Crippen MR) is 255 cm³/mol. The molecule has 0 atom stereocenters. The third-order valence-electron chi connectivity index (χ3n) is 11.9. The van der Waals surface area contributed by atoms with Gasteiger partial charge < -0.3 is 8.83 Å². The van der Waals surface area contributed by atoms with Gasteiger partial charge >= 0.3 is 0 Å². The Morgan fingerprint density at radius 3 is 1.31 bits per heavy atom. The van der Waals surface area contributed by atoms with Crippen molar-refractivity contribution in [1.29, 1.82) is 0 Å². The Morgan fingerprint density at radius 1 is 0.242 bits per heavy atom. The fourth-order valence-electron chi connectivity index (χ4n) is 8.80. The van der Waals surface area contributed by atoms with Crippen LogP contribution in [0.1, 0.15) is 0 Å². The summed E-state index contributed by atoms with van der Waals surface area (Å²) in [6.45, 7) is 0. The maximum absolute atomic E-state index is 6.25. The summed E-state index contributed by atoms with van der Waals surface area (Å²) in [7, 11) is 0. The molecule has 12 rings (SSSR count). The lowest BCUT2D eigenvalue weighted by Crippen LogP contribution is -1.97. The van der Waals surface area contributed by atoms with E-state index in [1.807, 2.05) is 42.5 Å². The Kier molecular flexibility index (Phi) is 8.46. The van der Waals surface area contributed by atoms with Gasteiger partial charge in [-0.15, -0.1) is 0 Å². The third-order valence-corrected chi connectivity index (χ3v) is 11.9. The van der Waals surface area contributed by atoms with Crippen LogP contribution >= 0.6 is 0 Å². The van der Waals surface area contributed by atoms with Crippen LogP contribution in [0.2, 0.25) is 0 Å². The van der Waals surface area contributed by atoms with E-state index in [0.717, 1.165) is 116 Å². The van der Waals surface area contributed by atoms with Crippen LogP contribution in [-0.4, -0.2) is 9.97 Å². The molecule has 9 aromatic carbocycles. The monoisotopic (exact) mass is 792 g/mol. The molecule has 12 aromatic rings. The standard InChI is InChI=1S/C58H36N2O2/c1-3-13-39(14-4-1)46-17-7-8-18-47(46)53-36-52(59-58(60-53)40-15-5-2-6-16-40)45-32-43(31-44(33-45)42-28-30-57-51(35-42)49-20-10-12-22-55(49)62-57)38-25-23-37(24-26-38)41-27-29-56-50(34-41)48-19-9-11-21-54(48)61-56/h1-36H. The second-order valence-electron chi connectivity index (χ2n) is 15.7. The van der Waals surface area contributed by atoms with E-state index in [1.54, 1.807) is 0 Å². The Bertz CT molecular complexity index is 3620. The average Bonchev–Trinajstić information content (AvgIpc) is 3.92. The van der Waals surface area contributed by atoms with Crippen LogP contribution in [-0.2, 0) is 0 Å². The highest BCUT2D eigenvalue weighted by atomic mass is 16.3. The van der Waals surface area contributed by atoms with Gasteiger partial charge in [0.1, 0.15) is 22.3 Å². The first-order valence-electron chi connectivity index (χ1n) is 20.9. The molecule has 0 aliphatic heterocycles. The highest BCUT2D eigenvalue weighted by Crippen LogP contribution is 2.40. The molecule has 0 amide bonds. The van der Waals surface area contributed by atoms with E-state index in [2.05, 4.69) is 176 Å². The SMILES string of the molecule is c1ccc(-c2nc(-c3cc(-c4ccc(-c5ccc6oc7ccccc7c6c5)cc4)cc(-c4ccc5oc6ccccc6c5c4)c3)cc(-c3ccccc3-c3ccccc3)n2)cc1. The number of nitrogens with zero attached hydrogens (tertiary/aromatic N) is 2. The molecule has 4 nitrogen and oxygen atoms in total. The van der Waals surface area contributed by atoms with Crippen molar-refractivity contribution < 1.29 is 8.83 Å². The Balaban J connectivity index is 1.03. The molecule has 0 unspecified atom stereocenters. The molecule has 4 heteroatoms. The molecule has 3 heterocycles. The van der Waals surface area contributed by atoms with E-state index in [1.165, 1.54) is 0 Å². The molecular formula is C58H36N2O2. The third kappa shape index (κ3) is 6.34. The zero-order valence-corrected chi connectivity index (χ0v) is 33.5. The van der Waals surface area contributed by atoms with E-state index < -0.39 is 0 Å². The van der Waals surface area contributed by atoms with Crippen LogP contribution in [0.4, 0.5) is 0 Å². The van der Waals surface area contributed by atoms with Gasteiger partial charge in [-0.3, -0.25) is 0 Å². The van der Waals surface area contributed by atoms with E-state index >= 15 is 0 Å². The minimum absolute atomic E-state index is 0.672. The molecule has 0 bridgehead atoms. The topological polar surface area (TPSA) is 52.1 Å². The molecule has 290 valence electrons. The van der Waals surface area contributed by atoms with Crippen molar-refractivity contribution in [3.63, 3.8) is 0 Å². The molecule has 0 radical (unpaired) electrons. The molecule has 3 aromatic heterocycles. The lowest BCUT2D eigenvalue weighted by Gasteiger charge is -2.15. The zero-order valence-electron chi connectivity index (χ0n) is 33.5. The first kappa shape index (κ1) is 35.6. The summed E-state index contributed by atoms with van der Waals surface area (Å²) < 4.78 is 12.4. The summed E-state index contributed by atoms with van der Waals surface area (Å²) in [5.41, 5.74) is 17.1. The maximum Gasteiger partial charge on any atom is 0.160 e. The summed E-state index contributed by atoms with van der Waals surface area (Å²) in [4.78, 5) is 10.6. The lowest BCUT2D eigenvalue weighted by atomic mass is 9.92. The van der Waals surface area contributed by atoms with Gasteiger partial charge in [0.15, 0.2) is 5.82 Å². The summed E-state index contributed by atoms with van der Waals surface area (Å²) in [5, 5.41) is 4.43. The highest BCUT2D eigenvalue weighted by Gasteiger charge is 2.17. The van der Waals surface area contributed by atoms with Crippen molar-refractivity contribution in [2.24, 2.45) is 0 Å².